The molecule has 0 aliphatic heterocycles. The molecule has 0 aliphatic carbocycles. The second-order valence-electron chi connectivity index (χ2n) is 4.34. The summed E-state index contributed by atoms with van der Waals surface area (Å²) in [5, 5.41) is 2.91. The summed E-state index contributed by atoms with van der Waals surface area (Å²) in [5.74, 6) is -0.0647. The van der Waals surface area contributed by atoms with E-state index < -0.39 is 0 Å². The molecular weight excluding hydrogens is 324 g/mol. The number of hydrogen-bond donors (Lipinski definition) is 0. The number of amides is 1. The van der Waals surface area contributed by atoms with E-state index in [0.717, 1.165) is 19.9 Å². The highest BCUT2D eigenvalue weighted by atomic mass is 35.5. The Labute approximate surface area is 137 Å². The van der Waals surface area contributed by atoms with Crippen LogP contribution in [-0.4, -0.2) is 22.3 Å². The summed E-state index contributed by atoms with van der Waals surface area (Å²) in [6.07, 6.45) is 5.00. The number of thiophene rings is 1. The molecule has 0 saturated carbocycles. The molecule has 0 aliphatic rings. The van der Waals surface area contributed by atoms with E-state index in [9.17, 15) is 4.79 Å². The van der Waals surface area contributed by atoms with Crippen LogP contribution in [0.5, 0.6) is 0 Å². The third-order valence-corrected chi connectivity index (χ3v) is 4.68. The van der Waals surface area contributed by atoms with Gasteiger partial charge in [-0.25, -0.2) is 4.98 Å². The summed E-state index contributed by atoms with van der Waals surface area (Å²) in [4.78, 5) is 19.3. The molecule has 0 saturated heterocycles. The van der Waals surface area contributed by atoms with Gasteiger partial charge in [0.05, 0.1) is 21.6 Å². The third kappa shape index (κ3) is 4.81. The number of aromatic nitrogens is 1. The van der Waals surface area contributed by atoms with Crippen LogP contribution in [0.1, 0.15) is 15.6 Å². The quantitative estimate of drug-likeness (QED) is 0.578. The summed E-state index contributed by atoms with van der Waals surface area (Å²) >= 11 is 8.96. The number of thiazole rings is 1. The first-order valence-corrected chi connectivity index (χ1v) is 8.40. The van der Waals surface area contributed by atoms with Gasteiger partial charge in [0.2, 0.25) is 5.91 Å². The number of halogens is 1. The van der Waals surface area contributed by atoms with E-state index in [4.69, 9.17) is 11.6 Å². The molecular formula is C15H15ClN2OS2. The summed E-state index contributed by atoms with van der Waals surface area (Å²) in [6, 6.07) is 3.77. The topological polar surface area (TPSA) is 33.2 Å². The van der Waals surface area contributed by atoms with Crippen molar-refractivity contribution in [1.29, 1.82) is 0 Å². The second-order valence-corrected chi connectivity index (χ2v) is 7.20. The Morgan fingerprint density at radius 1 is 1.52 bits per heavy atom. The molecule has 0 N–H and O–H groups in total. The molecule has 0 atom stereocenters. The maximum atomic E-state index is 12.3. The van der Waals surface area contributed by atoms with Crippen LogP contribution >= 0.6 is 34.3 Å². The SMILES string of the molecule is C=CCN(Cc1ccc(Cl)s1)C(=O)/C=C/c1csc(C)n1. The van der Waals surface area contributed by atoms with Crippen molar-refractivity contribution >= 4 is 46.3 Å². The normalized spacial score (nSPS) is 11.0. The van der Waals surface area contributed by atoms with E-state index in [0.29, 0.717) is 13.1 Å². The molecule has 1 amide bonds. The zero-order chi connectivity index (χ0) is 15.2. The summed E-state index contributed by atoms with van der Waals surface area (Å²) < 4.78 is 0.726. The van der Waals surface area contributed by atoms with E-state index in [-0.39, 0.29) is 5.91 Å². The molecule has 2 aromatic rings. The molecule has 0 unspecified atom stereocenters. The number of carbonyl (C=O) groups is 1. The smallest absolute Gasteiger partial charge is 0.247 e. The maximum Gasteiger partial charge on any atom is 0.247 e. The monoisotopic (exact) mass is 338 g/mol. The Morgan fingerprint density at radius 3 is 2.90 bits per heavy atom. The summed E-state index contributed by atoms with van der Waals surface area (Å²) in [7, 11) is 0. The van der Waals surface area contributed by atoms with Gasteiger partial charge in [-0.1, -0.05) is 17.7 Å². The highest BCUT2D eigenvalue weighted by Crippen LogP contribution is 2.22. The number of aryl methyl sites for hydroxylation is 1. The van der Waals surface area contributed by atoms with Crippen LogP contribution in [0, 0.1) is 6.92 Å². The first kappa shape index (κ1) is 15.9. The predicted molar refractivity (Wildman–Crippen MR) is 90.8 cm³/mol. The highest BCUT2D eigenvalue weighted by Gasteiger charge is 2.11. The Kier molecular flexibility index (Phi) is 5.73. The zero-order valence-electron chi connectivity index (χ0n) is 11.6. The Balaban J connectivity index is 2.04. The Morgan fingerprint density at radius 2 is 2.33 bits per heavy atom. The third-order valence-electron chi connectivity index (χ3n) is 2.67. The lowest BCUT2D eigenvalue weighted by Gasteiger charge is -2.18. The van der Waals surface area contributed by atoms with Crippen molar-refractivity contribution in [3.8, 4) is 0 Å². The second kappa shape index (κ2) is 7.54. The number of rotatable bonds is 6. The van der Waals surface area contributed by atoms with Gasteiger partial charge < -0.3 is 4.90 Å². The van der Waals surface area contributed by atoms with Crippen molar-refractivity contribution in [3.05, 3.63) is 56.2 Å². The fourth-order valence-corrected chi connectivity index (χ4v) is 3.42. The average Bonchev–Trinajstić information content (AvgIpc) is 3.04. The van der Waals surface area contributed by atoms with Crippen LogP contribution < -0.4 is 0 Å². The minimum absolute atomic E-state index is 0.0647. The van der Waals surface area contributed by atoms with Crippen molar-refractivity contribution in [3.63, 3.8) is 0 Å². The van der Waals surface area contributed by atoms with Crippen molar-refractivity contribution in [1.82, 2.24) is 9.88 Å². The van der Waals surface area contributed by atoms with Crippen LogP contribution in [0.4, 0.5) is 0 Å². The fourth-order valence-electron chi connectivity index (χ4n) is 1.73. The van der Waals surface area contributed by atoms with Gasteiger partial charge >= 0.3 is 0 Å². The highest BCUT2D eigenvalue weighted by molar-refractivity contribution is 7.16. The number of carbonyl (C=O) groups excluding carboxylic acids is 1. The van der Waals surface area contributed by atoms with Crippen molar-refractivity contribution < 1.29 is 4.79 Å². The standard InChI is InChI=1S/C15H15ClN2OS2/c1-3-8-18(9-13-5-6-14(16)21-13)15(19)7-4-12-10-20-11(2)17-12/h3-7,10H,1,8-9H2,2H3/b7-4+. The van der Waals surface area contributed by atoms with Gasteiger partial charge in [-0.05, 0) is 25.1 Å². The lowest BCUT2D eigenvalue weighted by Crippen LogP contribution is -2.28. The molecule has 0 fully saturated rings. The molecule has 0 spiro atoms. The van der Waals surface area contributed by atoms with Crippen molar-refractivity contribution in [2.24, 2.45) is 0 Å². The van der Waals surface area contributed by atoms with Crippen LogP contribution in [0.25, 0.3) is 6.08 Å². The van der Waals surface area contributed by atoms with Crippen LogP contribution in [0.15, 0.2) is 36.2 Å². The van der Waals surface area contributed by atoms with E-state index in [1.165, 1.54) is 11.3 Å². The van der Waals surface area contributed by atoms with Crippen LogP contribution in [-0.2, 0) is 11.3 Å². The molecule has 2 heterocycles. The number of nitrogens with zero attached hydrogens (tertiary/aromatic N) is 2. The lowest BCUT2D eigenvalue weighted by atomic mass is 10.3. The minimum Gasteiger partial charge on any atom is -0.330 e. The first-order valence-electron chi connectivity index (χ1n) is 6.32. The minimum atomic E-state index is -0.0647. The molecule has 0 bridgehead atoms. The van der Waals surface area contributed by atoms with Gasteiger partial charge in [-0.15, -0.1) is 29.3 Å². The predicted octanol–water partition coefficient (Wildman–Crippen LogP) is 4.39. The largest absolute Gasteiger partial charge is 0.330 e. The van der Waals surface area contributed by atoms with Gasteiger partial charge in [0.25, 0.3) is 0 Å². The molecule has 2 rings (SSSR count). The van der Waals surface area contributed by atoms with Gasteiger partial charge in [0.1, 0.15) is 0 Å². The van der Waals surface area contributed by atoms with Crippen LogP contribution in [0.2, 0.25) is 4.34 Å². The average molecular weight is 339 g/mol. The fraction of sp³-hybridized carbons (Fsp3) is 0.200. The zero-order valence-corrected chi connectivity index (χ0v) is 14.0. The van der Waals surface area contributed by atoms with Gasteiger partial charge in [0.15, 0.2) is 0 Å². The van der Waals surface area contributed by atoms with Crippen molar-refractivity contribution in [2.75, 3.05) is 6.54 Å². The molecule has 0 radical (unpaired) electrons. The van der Waals surface area contributed by atoms with Gasteiger partial charge in [-0.3, -0.25) is 4.79 Å². The van der Waals surface area contributed by atoms with Gasteiger partial charge in [-0.2, -0.15) is 0 Å². The molecule has 2 aromatic heterocycles. The van der Waals surface area contributed by atoms with Crippen LogP contribution in [0.3, 0.4) is 0 Å². The van der Waals surface area contributed by atoms with Crippen molar-refractivity contribution in [2.45, 2.75) is 13.5 Å². The molecule has 6 heteroatoms. The molecule has 3 nitrogen and oxygen atoms in total. The first-order chi connectivity index (χ1) is 10.1. The van der Waals surface area contributed by atoms with E-state index in [1.54, 1.807) is 34.5 Å². The summed E-state index contributed by atoms with van der Waals surface area (Å²) in [5.41, 5.74) is 0.809. The Hall–Kier alpha value is -1.43. The Bertz CT molecular complexity index is 660. The maximum absolute atomic E-state index is 12.3. The summed E-state index contributed by atoms with van der Waals surface area (Å²) in [6.45, 7) is 6.66. The number of hydrogen-bond acceptors (Lipinski definition) is 4. The van der Waals surface area contributed by atoms with E-state index >= 15 is 0 Å². The van der Waals surface area contributed by atoms with E-state index in [2.05, 4.69) is 11.6 Å². The molecule has 21 heavy (non-hydrogen) atoms. The van der Waals surface area contributed by atoms with E-state index in [1.807, 2.05) is 24.4 Å². The van der Waals surface area contributed by atoms with Gasteiger partial charge in [0, 0.05) is 22.9 Å². The molecule has 0 aromatic carbocycles. The lowest BCUT2D eigenvalue weighted by molar-refractivity contribution is -0.126. The molecule has 110 valence electrons.